The van der Waals surface area contributed by atoms with Crippen molar-refractivity contribution in [2.24, 2.45) is 0 Å². The van der Waals surface area contributed by atoms with E-state index in [1.54, 1.807) is 18.6 Å². The van der Waals surface area contributed by atoms with Crippen LogP contribution in [0, 0.1) is 0 Å². The minimum Gasteiger partial charge on any atom is -0.335 e. The molecule has 0 aliphatic heterocycles. The normalized spacial score (nSPS) is 11.6. The number of imidazole rings is 1. The Morgan fingerprint density at radius 2 is 1.79 bits per heavy atom. The summed E-state index contributed by atoms with van der Waals surface area (Å²) in [6, 6.07) is 14.3. The van der Waals surface area contributed by atoms with Gasteiger partial charge in [-0.3, -0.25) is 20.1 Å². The molecule has 0 aliphatic rings. The Bertz CT molecular complexity index is 1610. The summed E-state index contributed by atoms with van der Waals surface area (Å²) in [7, 11) is 4.11. The van der Waals surface area contributed by atoms with E-state index < -0.39 is 0 Å². The van der Waals surface area contributed by atoms with Crippen molar-refractivity contribution in [3.8, 4) is 33.9 Å². The molecule has 166 valence electrons. The molecule has 0 radical (unpaired) electrons. The standard InChI is InChI=1S/C26H22N8/c1-34(2)15-16-9-18(12-27-11-16)17-6-7-22-19(10-17)25(33-32-22)26-30-23-14-28-13-20(24(23)31-26)21-5-3-4-8-29-21/h3-14H,15H2,1-2H3,(H,30,31)(H,32,33). The fourth-order valence-corrected chi connectivity index (χ4v) is 4.23. The van der Waals surface area contributed by atoms with E-state index in [2.05, 4.69) is 67.3 Å². The van der Waals surface area contributed by atoms with Crippen LogP contribution in [0.25, 0.3) is 55.8 Å². The van der Waals surface area contributed by atoms with Gasteiger partial charge in [-0.1, -0.05) is 12.1 Å². The van der Waals surface area contributed by atoms with Crippen LogP contribution < -0.4 is 0 Å². The average Bonchev–Trinajstić information content (AvgIpc) is 3.48. The fraction of sp³-hybridized carbons (Fsp3) is 0.115. The third-order valence-corrected chi connectivity index (χ3v) is 5.75. The van der Waals surface area contributed by atoms with E-state index >= 15 is 0 Å². The predicted octanol–water partition coefficient (Wildman–Crippen LogP) is 4.69. The van der Waals surface area contributed by atoms with Crippen molar-refractivity contribution < 1.29 is 0 Å². The van der Waals surface area contributed by atoms with Crippen LogP contribution in [0.4, 0.5) is 0 Å². The minimum atomic E-state index is 0.683. The molecule has 0 spiro atoms. The summed E-state index contributed by atoms with van der Waals surface area (Å²) in [5.74, 6) is 0.683. The van der Waals surface area contributed by atoms with Crippen molar-refractivity contribution in [1.29, 1.82) is 0 Å². The first-order valence-electron chi connectivity index (χ1n) is 11.0. The highest BCUT2D eigenvalue weighted by Gasteiger charge is 2.16. The molecule has 0 amide bonds. The number of nitrogens with one attached hydrogen (secondary N) is 2. The summed E-state index contributed by atoms with van der Waals surface area (Å²) in [4.78, 5) is 23.7. The first kappa shape index (κ1) is 20.2. The van der Waals surface area contributed by atoms with E-state index in [0.29, 0.717) is 5.82 Å². The maximum absolute atomic E-state index is 4.89. The molecule has 1 aromatic carbocycles. The van der Waals surface area contributed by atoms with E-state index in [4.69, 9.17) is 4.98 Å². The molecule has 34 heavy (non-hydrogen) atoms. The number of fused-ring (bicyclic) bond motifs is 2. The second-order valence-corrected chi connectivity index (χ2v) is 8.54. The number of aromatic amines is 2. The summed E-state index contributed by atoms with van der Waals surface area (Å²) in [6.45, 7) is 0.839. The highest BCUT2D eigenvalue weighted by atomic mass is 15.1. The third-order valence-electron chi connectivity index (χ3n) is 5.75. The number of hydrogen-bond acceptors (Lipinski definition) is 6. The quantitative estimate of drug-likeness (QED) is 0.399. The van der Waals surface area contributed by atoms with Crippen LogP contribution in [-0.2, 0) is 6.54 Å². The second kappa shape index (κ2) is 8.17. The molecular formula is C26H22N8. The van der Waals surface area contributed by atoms with Gasteiger partial charge in [-0.05, 0) is 55.6 Å². The van der Waals surface area contributed by atoms with Crippen LogP contribution in [0.3, 0.4) is 0 Å². The van der Waals surface area contributed by atoms with Gasteiger partial charge < -0.3 is 9.88 Å². The van der Waals surface area contributed by atoms with Crippen molar-refractivity contribution in [2.75, 3.05) is 14.1 Å². The van der Waals surface area contributed by atoms with E-state index in [0.717, 1.165) is 56.6 Å². The van der Waals surface area contributed by atoms with E-state index in [-0.39, 0.29) is 0 Å². The van der Waals surface area contributed by atoms with E-state index in [9.17, 15) is 0 Å². The van der Waals surface area contributed by atoms with Crippen LogP contribution in [0.1, 0.15) is 5.56 Å². The molecule has 2 N–H and O–H groups in total. The minimum absolute atomic E-state index is 0.683. The lowest BCUT2D eigenvalue weighted by atomic mass is 10.0. The lowest BCUT2D eigenvalue weighted by Gasteiger charge is -2.10. The van der Waals surface area contributed by atoms with Gasteiger partial charge in [-0.2, -0.15) is 5.10 Å². The Morgan fingerprint density at radius 1 is 0.882 bits per heavy atom. The molecule has 0 saturated carbocycles. The average molecular weight is 447 g/mol. The molecule has 0 saturated heterocycles. The first-order chi connectivity index (χ1) is 16.7. The fourth-order valence-electron chi connectivity index (χ4n) is 4.23. The van der Waals surface area contributed by atoms with Crippen LogP contribution in [0.2, 0.25) is 0 Å². The van der Waals surface area contributed by atoms with Gasteiger partial charge in [-0.15, -0.1) is 0 Å². The predicted molar refractivity (Wildman–Crippen MR) is 133 cm³/mol. The topological polar surface area (TPSA) is 99.3 Å². The molecule has 6 aromatic rings. The number of pyridine rings is 3. The van der Waals surface area contributed by atoms with Gasteiger partial charge >= 0.3 is 0 Å². The van der Waals surface area contributed by atoms with Gasteiger partial charge in [0.15, 0.2) is 5.82 Å². The number of rotatable bonds is 5. The van der Waals surface area contributed by atoms with Gasteiger partial charge in [0, 0.05) is 47.8 Å². The van der Waals surface area contributed by atoms with Crippen LogP contribution in [0.5, 0.6) is 0 Å². The van der Waals surface area contributed by atoms with Crippen molar-refractivity contribution in [1.82, 2.24) is 40.0 Å². The molecule has 0 fully saturated rings. The van der Waals surface area contributed by atoms with E-state index in [1.807, 2.05) is 36.7 Å². The van der Waals surface area contributed by atoms with Gasteiger partial charge in [0.1, 0.15) is 11.2 Å². The van der Waals surface area contributed by atoms with Crippen molar-refractivity contribution in [3.05, 3.63) is 79.0 Å². The SMILES string of the molecule is CN(C)Cc1cncc(-c2ccc3[nH]nc(-c4nc5c(-c6ccccn6)cncc5[nH]4)c3c2)c1. The molecule has 5 aromatic heterocycles. The molecule has 8 heteroatoms. The number of hydrogen-bond donors (Lipinski definition) is 2. The van der Waals surface area contributed by atoms with Crippen LogP contribution >= 0.6 is 0 Å². The van der Waals surface area contributed by atoms with Crippen LogP contribution in [-0.4, -0.2) is 54.1 Å². The smallest absolute Gasteiger partial charge is 0.159 e. The van der Waals surface area contributed by atoms with Gasteiger partial charge in [0.2, 0.25) is 0 Å². The van der Waals surface area contributed by atoms with Crippen molar-refractivity contribution in [2.45, 2.75) is 6.54 Å². The lowest BCUT2D eigenvalue weighted by molar-refractivity contribution is 0.402. The summed E-state index contributed by atoms with van der Waals surface area (Å²) in [5.41, 5.74) is 8.39. The summed E-state index contributed by atoms with van der Waals surface area (Å²) in [5, 5.41) is 8.70. The second-order valence-electron chi connectivity index (χ2n) is 8.54. The maximum Gasteiger partial charge on any atom is 0.159 e. The Labute approximate surface area is 195 Å². The zero-order valence-corrected chi connectivity index (χ0v) is 18.8. The summed E-state index contributed by atoms with van der Waals surface area (Å²) >= 11 is 0. The summed E-state index contributed by atoms with van der Waals surface area (Å²) < 4.78 is 0. The molecule has 8 nitrogen and oxygen atoms in total. The Kier molecular flexibility index (Phi) is 4.85. The van der Waals surface area contributed by atoms with Gasteiger partial charge in [0.05, 0.1) is 22.9 Å². The van der Waals surface area contributed by atoms with Gasteiger partial charge in [-0.25, -0.2) is 4.98 Å². The number of nitrogens with zero attached hydrogens (tertiary/aromatic N) is 6. The molecule has 0 aliphatic carbocycles. The largest absolute Gasteiger partial charge is 0.335 e. The van der Waals surface area contributed by atoms with Gasteiger partial charge in [0.25, 0.3) is 0 Å². The molecule has 0 bridgehead atoms. The molecule has 5 heterocycles. The first-order valence-corrected chi connectivity index (χ1v) is 11.0. The Hall–Kier alpha value is -4.43. The molecule has 6 rings (SSSR count). The van der Waals surface area contributed by atoms with Crippen LogP contribution in [0.15, 0.2) is 73.4 Å². The number of benzene rings is 1. The molecule has 0 atom stereocenters. The molecular weight excluding hydrogens is 424 g/mol. The Morgan fingerprint density at radius 3 is 2.65 bits per heavy atom. The zero-order chi connectivity index (χ0) is 23.1. The molecule has 0 unspecified atom stereocenters. The maximum atomic E-state index is 4.89. The lowest BCUT2D eigenvalue weighted by Crippen LogP contribution is -2.10. The third kappa shape index (κ3) is 3.60. The van der Waals surface area contributed by atoms with Crippen molar-refractivity contribution in [3.63, 3.8) is 0 Å². The highest BCUT2D eigenvalue weighted by molar-refractivity contribution is 5.97. The van der Waals surface area contributed by atoms with Crippen molar-refractivity contribution >= 4 is 21.9 Å². The Balaban J connectivity index is 1.45. The van der Waals surface area contributed by atoms with E-state index in [1.165, 1.54) is 5.56 Å². The number of aromatic nitrogens is 7. The highest BCUT2D eigenvalue weighted by Crippen LogP contribution is 2.32. The monoisotopic (exact) mass is 446 g/mol. The summed E-state index contributed by atoms with van der Waals surface area (Å²) in [6.07, 6.45) is 9.15. The zero-order valence-electron chi connectivity index (χ0n) is 18.8. The number of H-pyrrole nitrogens is 2.